The lowest BCUT2D eigenvalue weighted by Gasteiger charge is -2.30. The third kappa shape index (κ3) is 4.81. The highest BCUT2D eigenvalue weighted by atomic mass is 35.5. The molecule has 0 spiro atoms. The van der Waals surface area contributed by atoms with Crippen LogP contribution in [0.2, 0.25) is 0 Å². The van der Waals surface area contributed by atoms with Crippen LogP contribution in [0.3, 0.4) is 0 Å². The van der Waals surface area contributed by atoms with E-state index >= 15 is 0 Å². The molecule has 0 saturated carbocycles. The Hall–Kier alpha value is -1.05. The number of hydrogen-bond acceptors (Lipinski definition) is 3. The number of ether oxygens (including phenoxy) is 1. The second-order valence-electron chi connectivity index (χ2n) is 4.86. The van der Waals surface area contributed by atoms with Gasteiger partial charge in [-0.15, -0.1) is 25.6 Å². The predicted octanol–water partition coefficient (Wildman–Crippen LogP) is 3.16. The fourth-order valence-electron chi connectivity index (χ4n) is 1.48. The van der Waals surface area contributed by atoms with Crippen LogP contribution in [0, 0.1) is 11.2 Å². The summed E-state index contributed by atoms with van der Waals surface area (Å²) in [5.41, 5.74) is 4.76. The van der Waals surface area contributed by atoms with Crippen LogP contribution in [-0.4, -0.2) is 18.1 Å². The van der Waals surface area contributed by atoms with Gasteiger partial charge in [0.25, 0.3) is 0 Å². The van der Waals surface area contributed by atoms with Gasteiger partial charge in [-0.2, -0.15) is 0 Å². The molecular formula is C12H16ClF4NO2. The average Bonchev–Trinajstić information content (AvgIpc) is 2.29. The zero-order valence-corrected chi connectivity index (χ0v) is 11.7. The minimum absolute atomic E-state index is 0. The van der Waals surface area contributed by atoms with Gasteiger partial charge in [0.1, 0.15) is 11.6 Å². The first kappa shape index (κ1) is 18.9. The molecule has 0 aliphatic heterocycles. The Kier molecular flexibility index (Phi) is 6.25. The largest absolute Gasteiger partial charge is 0.573 e. The number of halogens is 5. The molecule has 1 aromatic carbocycles. The highest BCUT2D eigenvalue weighted by Crippen LogP contribution is 2.34. The molecule has 0 bridgehead atoms. The SMILES string of the molecule is CC(C)(CO)[C@H](N)c1cc(OC(F)(F)F)ccc1F.Cl. The molecule has 116 valence electrons. The van der Waals surface area contributed by atoms with Crippen LogP contribution >= 0.6 is 12.4 Å². The van der Waals surface area contributed by atoms with Gasteiger partial charge in [0, 0.05) is 23.6 Å². The first-order valence-electron chi connectivity index (χ1n) is 5.48. The summed E-state index contributed by atoms with van der Waals surface area (Å²) in [5, 5.41) is 9.16. The fourth-order valence-corrected chi connectivity index (χ4v) is 1.48. The van der Waals surface area contributed by atoms with E-state index in [0.29, 0.717) is 0 Å². The first-order valence-corrected chi connectivity index (χ1v) is 5.48. The molecule has 1 rings (SSSR count). The lowest BCUT2D eigenvalue weighted by molar-refractivity contribution is -0.274. The van der Waals surface area contributed by atoms with Crippen molar-refractivity contribution in [2.45, 2.75) is 26.3 Å². The zero-order chi connectivity index (χ0) is 14.8. The molecule has 0 heterocycles. The van der Waals surface area contributed by atoms with Gasteiger partial charge in [0.05, 0.1) is 0 Å². The highest BCUT2D eigenvalue weighted by molar-refractivity contribution is 5.85. The first-order chi connectivity index (χ1) is 8.57. The lowest BCUT2D eigenvalue weighted by Crippen LogP contribution is -2.33. The van der Waals surface area contributed by atoms with Crippen LogP contribution in [-0.2, 0) is 0 Å². The summed E-state index contributed by atoms with van der Waals surface area (Å²) in [6, 6.07) is 1.65. The monoisotopic (exact) mass is 317 g/mol. The Labute approximate surface area is 120 Å². The highest BCUT2D eigenvalue weighted by Gasteiger charge is 2.33. The summed E-state index contributed by atoms with van der Waals surface area (Å²) in [7, 11) is 0. The summed E-state index contributed by atoms with van der Waals surface area (Å²) >= 11 is 0. The van der Waals surface area contributed by atoms with Crippen LogP contribution in [0.1, 0.15) is 25.5 Å². The van der Waals surface area contributed by atoms with E-state index in [1.165, 1.54) is 0 Å². The van der Waals surface area contributed by atoms with Crippen molar-refractivity contribution in [3.05, 3.63) is 29.6 Å². The summed E-state index contributed by atoms with van der Waals surface area (Å²) in [6.45, 7) is 2.82. The van der Waals surface area contributed by atoms with Crippen molar-refractivity contribution in [3.8, 4) is 5.75 Å². The molecule has 1 atom stereocenters. The Morgan fingerprint density at radius 1 is 1.30 bits per heavy atom. The molecule has 0 saturated heterocycles. The Morgan fingerprint density at radius 2 is 1.85 bits per heavy atom. The van der Waals surface area contributed by atoms with E-state index in [2.05, 4.69) is 4.74 Å². The topological polar surface area (TPSA) is 55.5 Å². The van der Waals surface area contributed by atoms with Crippen molar-refractivity contribution in [1.82, 2.24) is 0 Å². The van der Waals surface area contributed by atoms with Crippen LogP contribution in [0.5, 0.6) is 5.75 Å². The molecule has 0 aliphatic carbocycles. The van der Waals surface area contributed by atoms with Crippen LogP contribution in [0.25, 0.3) is 0 Å². The molecule has 8 heteroatoms. The maximum Gasteiger partial charge on any atom is 0.573 e. The van der Waals surface area contributed by atoms with Crippen molar-refractivity contribution in [2.75, 3.05) is 6.61 Å². The number of hydrogen-bond donors (Lipinski definition) is 2. The van der Waals surface area contributed by atoms with E-state index in [1.54, 1.807) is 13.8 Å². The van der Waals surface area contributed by atoms with Crippen molar-refractivity contribution >= 4 is 12.4 Å². The third-order valence-electron chi connectivity index (χ3n) is 2.79. The normalized spacial score (nSPS) is 13.6. The second-order valence-corrected chi connectivity index (χ2v) is 4.86. The lowest BCUT2D eigenvalue weighted by atomic mass is 9.81. The van der Waals surface area contributed by atoms with Crippen LogP contribution in [0.15, 0.2) is 18.2 Å². The van der Waals surface area contributed by atoms with Gasteiger partial charge >= 0.3 is 6.36 Å². The van der Waals surface area contributed by atoms with Crippen LogP contribution < -0.4 is 10.5 Å². The molecule has 0 amide bonds. The fraction of sp³-hybridized carbons (Fsp3) is 0.500. The number of nitrogens with two attached hydrogens (primary N) is 1. The molecule has 0 unspecified atom stereocenters. The average molecular weight is 318 g/mol. The maximum absolute atomic E-state index is 13.6. The third-order valence-corrected chi connectivity index (χ3v) is 2.79. The van der Waals surface area contributed by atoms with E-state index in [9.17, 15) is 17.6 Å². The Balaban J connectivity index is 0.00000361. The molecule has 3 nitrogen and oxygen atoms in total. The Bertz CT molecular complexity index is 452. The minimum Gasteiger partial charge on any atom is -0.406 e. The molecule has 0 fully saturated rings. The van der Waals surface area contributed by atoms with E-state index in [1.807, 2.05) is 0 Å². The molecule has 3 N–H and O–H groups in total. The number of aliphatic hydroxyl groups excluding tert-OH is 1. The van der Waals surface area contributed by atoms with Gasteiger partial charge < -0.3 is 15.6 Å². The quantitative estimate of drug-likeness (QED) is 0.839. The molecule has 0 aliphatic rings. The number of benzene rings is 1. The van der Waals surface area contributed by atoms with E-state index in [-0.39, 0.29) is 24.6 Å². The number of aliphatic hydroxyl groups is 1. The molecule has 1 aromatic rings. The van der Waals surface area contributed by atoms with Gasteiger partial charge in [-0.05, 0) is 18.2 Å². The molecule has 0 radical (unpaired) electrons. The Morgan fingerprint density at radius 3 is 2.30 bits per heavy atom. The zero-order valence-electron chi connectivity index (χ0n) is 10.9. The predicted molar refractivity (Wildman–Crippen MR) is 68.1 cm³/mol. The van der Waals surface area contributed by atoms with E-state index in [0.717, 1.165) is 18.2 Å². The maximum atomic E-state index is 13.6. The van der Waals surface area contributed by atoms with Crippen LogP contribution in [0.4, 0.5) is 17.6 Å². The number of rotatable bonds is 4. The van der Waals surface area contributed by atoms with Crippen molar-refractivity contribution in [2.24, 2.45) is 11.1 Å². The van der Waals surface area contributed by atoms with E-state index < -0.39 is 29.4 Å². The van der Waals surface area contributed by atoms with Gasteiger partial charge in [-0.3, -0.25) is 0 Å². The minimum atomic E-state index is -4.86. The summed E-state index contributed by atoms with van der Waals surface area (Å²) in [6.07, 6.45) is -4.86. The smallest absolute Gasteiger partial charge is 0.406 e. The van der Waals surface area contributed by atoms with Gasteiger partial charge in [0.2, 0.25) is 0 Å². The van der Waals surface area contributed by atoms with Gasteiger partial charge in [0.15, 0.2) is 0 Å². The van der Waals surface area contributed by atoms with Crippen molar-refractivity contribution < 1.29 is 27.4 Å². The standard InChI is InChI=1S/C12H15F4NO2.ClH/c1-11(2,6-18)10(17)8-5-7(3-4-9(8)13)19-12(14,15)16;/h3-5,10,18H,6,17H2,1-2H3;1H/t10-;/m1./s1. The molecule has 0 aromatic heterocycles. The van der Waals surface area contributed by atoms with Crippen molar-refractivity contribution in [1.29, 1.82) is 0 Å². The number of alkyl halides is 3. The van der Waals surface area contributed by atoms with Gasteiger partial charge in [-0.25, -0.2) is 4.39 Å². The molecule has 20 heavy (non-hydrogen) atoms. The molecular weight excluding hydrogens is 302 g/mol. The second kappa shape index (κ2) is 6.60. The summed E-state index contributed by atoms with van der Waals surface area (Å²) in [5.74, 6) is -1.29. The van der Waals surface area contributed by atoms with E-state index in [4.69, 9.17) is 10.8 Å². The summed E-state index contributed by atoms with van der Waals surface area (Å²) in [4.78, 5) is 0. The summed E-state index contributed by atoms with van der Waals surface area (Å²) < 4.78 is 53.6. The van der Waals surface area contributed by atoms with Crippen molar-refractivity contribution in [3.63, 3.8) is 0 Å². The van der Waals surface area contributed by atoms with Gasteiger partial charge in [-0.1, -0.05) is 13.8 Å².